The molecule has 0 saturated heterocycles. The molecule has 2 aromatic heterocycles. The second-order valence-electron chi connectivity index (χ2n) is 5.79. The van der Waals surface area contributed by atoms with E-state index in [1.807, 2.05) is 0 Å². The van der Waals surface area contributed by atoms with Gasteiger partial charge >= 0.3 is 5.97 Å². The third-order valence-electron chi connectivity index (χ3n) is 3.87. The predicted octanol–water partition coefficient (Wildman–Crippen LogP) is 1.56. The average molecular weight is 371 g/mol. The first kappa shape index (κ1) is 16.8. The highest BCUT2D eigenvalue weighted by atomic mass is 16.7. The molecule has 0 radical (unpaired) electrons. The summed E-state index contributed by atoms with van der Waals surface area (Å²) in [5, 5.41) is 15.1. The van der Waals surface area contributed by atoms with Crippen molar-refractivity contribution in [3.63, 3.8) is 0 Å². The van der Waals surface area contributed by atoms with Crippen molar-refractivity contribution in [1.29, 1.82) is 0 Å². The maximum absolute atomic E-state index is 12.3. The molecule has 0 amide bonds. The molecule has 3 aromatic rings. The molecule has 0 atom stereocenters. The Bertz CT molecular complexity index is 1060. The number of rotatable bonds is 4. The van der Waals surface area contributed by atoms with E-state index in [1.54, 1.807) is 19.2 Å². The Labute approximate surface area is 151 Å². The van der Waals surface area contributed by atoms with Gasteiger partial charge in [0.1, 0.15) is 12.4 Å². The maximum atomic E-state index is 12.3. The van der Waals surface area contributed by atoms with Crippen molar-refractivity contribution >= 4 is 17.4 Å². The summed E-state index contributed by atoms with van der Waals surface area (Å²) in [6, 6.07) is 4.41. The Hall–Kier alpha value is -3.60. The number of carbonyl (C=O) groups excluding carboxylic acids is 1. The van der Waals surface area contributed by atoms with Gasteiger partial charge in [0, 0.05) is 35.2 Å². The maximum Gasteiger partial charge on any atom is 0.378 e. The number of aryl methyl sites for hydroxylation is 1. The lowest BCUT2D eigenvalue weighted by Gasteiger charge is -2.20. The summed E-state index contributed by atoms with van der Waals surface area (Å²) in [6.07, 6.45) is 1.63. The standard InChI is InChI=1S/C16H13N5O6/c1-9-2-3-20-16(17-9)18-14(19-20)15(22)26-7-11-5-12(21(23)24)4-10-6-25-8-27-13(10)11/h2-5H,6-8H2,1H3. The molecular formula is C16H13N5O6. The summed E-state index contributed by atoms with van der Waals surface area (Å²) in [5.74, 6) is -0.239. The fourth-order valence-electron chi connectivity index (χ4n) is 2.65. The summed E-state index contributed by atoms with van der Waals surface area (Å²) < 4.78 is 17.1. The van der Waals surface area contributed by atoms with Crippen LogP contribution in [0.25, 0.3) is 5.78 Å². The van der Waals surface area contributed by atoms with Crippen LogP contribution in [0.5, 0.6) is 5.75 Å². The number of hydrogen-bond donors (Lipinski definition) is 0. The fourth-order valence-corrected chi connectivity index (χ4v) is 2.65. The Balaban J connectivity index is 1.57. The predicted molar refractivity (Wildman–Crippen MR) is 88.0 cm³/mol. The number of nitro groups is 1. The second-order valence-corrected chi connectivity index (χ2v) is 5.79. The number of nitro benzene ring substituents is 1. The molecule has 0 fully saturated rings. The molecule has 27 heavy (non-hydrogen) atoms. The largest absolute Gasteiger partial charge is 0.467 e. The molecule has 3 heterocycles. The number of hydrogen-bond acceptors (Lipinski definition) is 9. The zero-order chi connectivity index (χ0) is 19.0. The minimum absolute atomic E-state index is 0.0186. The van der Waals surface area contributed by atoms with Crippen molar-refractivity contribution in [3.8, 4) is 5.75 Å². The zero-order valence-corrected chi connectivity index (χ0v) is 14.1. The molecule has 0 unspecified atom stereocenters. The van der Waals surface area contributed by atoms with E-state index in [-0.39, 0.29) is 37.3 Å². The molecule has 1 aromatic carbocycles. The van der Waals surface area contributed by atoms with E-state index in [4.69, 9.17) is 14.2 Å². The number of ether oxygens (including phenoxy) is 3. The summed E-state index contributed by atoms with van der Waals surface area (Å²) in [7, 11) is 0. The van der Waals surface area contributed by atoms with Gasteiger partial charge in [-0.25, -0.2) is 14.3 Å². The van der Waals surface area contributed by atoms with Crippen LogP contribution in [-0.4, -0.2) is 37.3 Å². The third-order valence-corrected chi connectivity index (χ3v) is 3.87. The van der Waals surface area contributed by atoms with Crippen LogP contribution in [0.3, 0.4) is 0 Å². The van der Waals surface area contributed by atoms with Gasteiger partial charge in [-0.3, -0.25) is 10.1 Å². The number of non-ortho nitro benzene ring substituents is 1. The van der Waals surface area contributed by atoms with E-state index < -0.39 is 10.9 Å². The molecular weight excluding hydrogens is 358 g/mol. The summed E-state index contributed by atoms with van der Waals surface area (Å²) in [6.45, 7) is 1.76. The highest BCUT2D eigenvalue weighted by Crippen LogP contribution is 2.33. The molecule has 4 rings (SSSR count). The zero-order valence-electron chi connectivity index (χ0n) is 14.1. The number of nitrogens with zero attached hydrogens (tertiary/aromatic N) is 5. The van der Waals surface area contributed by atoms with Crippen LogP contribution in [0.15, 0.2) is 24.4 Å². The molecule has 0 N–H and O–H groups in total. The van der Waals surface area contributed by atoms with Crippen LogP contribution in [0.4, 0.5) is 5.69 Å². The van der Waals surface area contributed by atoms with Gasteiger partial charge in [-0.2, -0.15) is 4.98 Å². The molecule has 11 heteroatoms. The van der Waals surface area contributed by atoms with Crippen molar-refractivity contribution in [2.24, 2.45) is 0 Å². The quantitative estimate of drug-likeness (QED) is 0.381. The van der Waals surface area contributed by atoms with E-state index in [9.17, 15) is 14.9 Å². The van der Waals surface area contributed by atoms with Crippen LogP contribution in [-0.2, 0) is 22.7 Å². The summed E-state index contributed by atoms with van der Waals surface area (Å²) in [5.41, 5.74) is 1.48. The van der Waals surface area contributed by atoms with Crippen LogP contribution in [0, 0.1) is 17.0 Å². The van der Waals surface area contributed by atoms with Gasteiger partial charge in [0.05, 0.1) is 11.5 Å². The molecule has 0 bridgehead atoms. The lowest BCUT2D eigenvalue weighted by molar-refractivity contribution is -0.385. The van der Waals surface area contributed by atoms with Crippen molar-refractivity contribution in [2.45, 2.75) is 20.1 Å². The van der Waals surface area contributed by atoms with Gasteiger partial charge in [-0.15, -0.1) is 5.10 Å². The highest BCUT2D eigenvalue weighted by Gasteiger charge is 2.23. The lowest BCUT2D eigenvalue weighted by Crippen LogP contribution is -2.15. The normalized spacial score (nSPS) is 13.1. The first-order valence-corrected chi connectivity index (χ1v) is 7.89. The van der Waals surface area contributed by atoms with Crippen LogP contribution < -0.4 is 4.74 Å². The number of esters is 1. The van der Waals surface area contributed by atoms with Crippen LogP contribution >= 0.6 is 0 Å². The van der Waals surface area contributed by atoms with E-state index in [2.05, 4.69) is 15.1 Å². The fraction of sp³-hybridized carbons (Fsp3) is 0.250. The SMILES string of the molecule is Cc1ccn2nc(C(=O)OCc3cc([N+](=O)[O-])cc4c3OCOC4)nc2n1. The van der Waals surface area contributed by atoms with Gasteiger partial charge in [-0.1, -0.05) is 0 Å². The topological polar surface area (TPSA) is 131 Å². The molecule has 138 valence electrons. The van der Waals surface area contributed by atoms with Crippen molar-refractivity contribution in [2.75, 3.05) is 6.79 Å². The summed E-state index contributed by atoms with van der Waals surface area (Å²) in [4.78, 5) is 31.0. The third kappa shape index (κ3) is 3.27. The molecule has 0 saturated carbocycles. The minimum Gasteiger partial charge on any atom is -0.467 e. The number of benzene rings is 1. The average Bonchev–Trinajstić information content (AvgIpc) is 3.08. The van der Waals surface area contributed by atoms with Crippen molar-refractivity contribution < 1.29 is 23.9 Å². The monoisotopic (exact) mass is 371 g/mol. The van der Waals surface area contributed by atoms with Gasteiger partial charge < -0.3 is 14.2 Å². The summed E-state index contributed by atoms with van der Waals surface area (Å²) >= 11 is 0. The Morgan fingerprint density at radius 1 is 1.41 bits per heavy atom. The van der Waals surface area contributed by atoms with Gasteiger partial charge in [-0.05, 0) is 13.0 Å². The van der Waals surface area contributed by atoms with Gasteiger partial charge in [0.2, 0.25) is 0 Å². The van der Waals surface area contributed by atoms with E-state index in [0.29, 0.717) is 16.9 Å². The Morgan fingerprint density at radius 3 is 3.07 bits per heavy atom. The van der Waals surface area contributed by atoms with Crippen molar-refractivity contribution in [1.82, 2.24) is 19.6 Å². The second kappa shape index (κ2) is 6.61. The van der Waals surface area contributed by atoms with Gasteiger partial charge in [0.15, 0.2) is 6.79 Å². The van der Waals surface area contributed by atoms with Crippen LogP contribution in [0.1, 0.15) is 27.4 Å². The smallest absolute Gasteiger partial charge is 0.378 e. The molecule has 0 aliphatic carbocycles. The lowest BCUT2D eigenvalue weighted by atomic mass is 10.1. The Morgan fingerprint density at radius 2 is 2.26 bits per heavy atom. The number of fused-ring (bicyclic) bond motifs is 2. The number of aromatic nitrogens is 4. The first-order valence-electron chi connectivity index (χ1n) is 7.89. The number of carbonyl (C=O) groups is 1. The van der Waals surface area contributed by atoms with Gasteiger partial charge in [0.25, 0.3) is 17.3 Å². The Kier molecular flexibility index (Phi) is 4.12. The molecule has 1 aliphatic heterocycles. The molecule has 0 spiro atoms. The highest BCUT2D eigenvalue weighted by molar-refractivity contribution is 5.85. The first-order chi connectivity index (χ1) is 13.0. The van der Waals surface area contributed by atoms with Crippen LogP contribution in [0.2, 0.25) is 0 Å². The van der Waals surface area contributed by atoms with Crippen molar-refractivity contribution in [3.05, 3.63) is 57.2 Å². The van der Waals surface area contributed by atoms with E-state index >= 15 is 0 Å². The molecule has 1 aliphatic rings. The minimum atomic E-state index is -0.773. The van der Waals surface area contributed by atoms with E-state index in [1.165, 1.54) is 16.6 Å². The van der Waals surface area contributed by atoms with E-state index in [0.717, 1.165) is 5.69 Å². The molecule has 11 nitrogen and oxygen atoms in total.